The molecule has 0 unspecified atom stereocenters. The molecule has 0 fully saturated rings. The van der Waals surface area contributed by atoms with Crippen LogP contribution in [0.5, 0.6) is 0 Å². The van der Waals surface area contributed by atoms with E-state index in [0.717, 1.165) is 33.9 Å². The van der Waals surface area contributed by atoms with Gasteiger partial charge in [-0.15, -0.1) is 0 Å². The van der Waals surface area contributed by atoms with Crippen molar-refractivity contribution in [3.05, 3.63) is 182 Å². The molecular weight excluding hydrogens is 581 g/mol. The molecule has 9 aromatic rings. The second-order valence-corrected chi connectivity index (χ2v) is 12.2. The van der Waals surface area contributed by atoms with E-state index in [1.807, 2.05) is 24.3 Å². The first-order chi connectivity index (χ1) is 23.8. The van der Waals surface area contributed by atoms with Crippen LogP contribution in [0.1, 0.15) is 0 Å². The Hall–Kier alpha value is -6.38. The number of hydrogen-bond donors (Lipinski definition) is 0. The van der Waals surface area contributed by atoms with Crippen LogP contribution in [0, 0.1) is 0 Å². The second-order valence-electron chi connectivity index (χ2n) is 12.2. The van der Waals surface area contributed by atoms with Crippen molar-refractivity contribution in [1.82, 2.24) is 9.97 Å². The Morgan fingerprint density at radius 1 is 0.271 bits per heavy atom. The molecule has 8 aromatic carbocycles. The van der Waals surface area contributed by atoms with Crippen LogP contribution >= 0.6 is 0 Å². The Balaban J connectivity index is 1.20. The first kappa shape index (κ1) is 27.9. The first-order valence-electron chi connectivity index (χ1n) is 16.3. The lowest BCUT2D eigenvalue weighted by Crippen LogP contribution is -1.96. The molecule has 2 heteroatoms. The largest absolute Gasteiger partial charge is 0.228 e. The highest BCUT2D eigenvalue weighted by Gasteiger charge is 2.17. The van der Waals surface area contributed by atoms with Crippen molar-refractivity contribution in [3.8, 4) is 56.2 Å². The molecule has 0 aliphatic rings. The molecule has 0 bridgehead atoms. The molecule has 9 rings (SSSR count). The third kappa shape index (κ3) is 4.92. The molecular formula is C46H30N2. The van der Waals surface area contributed by atoms with Crippen molar-refractivity contribution in [1.29, 1.82) is 0 Å². The molecule has 224 valence electrons. The van der Waals surface area contributed by atoms with Crippen molar-refractivity contribution in [3.63, 3.8) is 0 Å². The van der Waals surface area contributed by atoms with Gasteiger partial charge in [0, 0.05) is 16.7 Å². The molecule has 1 heterocycles. The lowest BCUT2D eigenvalue weighted by Gasteiger charge is -2.18. The summed E-state index contributed by atoms with van der Waals surface area (Å²) in [5, 5.41) is 7.41. The lowest BCUT2D eigenvalue weighted by molar-refractivity contribution is 1.18. The van der Waals surface area contributed by atoms with Gasteiger partial charge in [0.25, 0.3) is 0 Å². The van der Waals surface area contributed by atoms with E-state index < -0.39 is 0 Å². The third-order valence-corrected chi connectivity index (χ3v) is 9.25. The van der Waals surface area contributed by atoms with Gasteiger partial charge in [0.2, 0.25) is 0 Å². The number of rotatable bonds is 5. The Kier molecular flexibility index (Phi) is 6.84. The first-order valence-corrected chi connectivity index (χ1v) is 16.3. The van der Waals surface area contributed by atoms with Crippen LogP contribution in [0.15, 0.2) is 182 Å². The van der Waals surface area contributed by atoms with Gasteiger partial charge < -0.3 is 0 Å². The predicted molar refractivity (Wildman–Crippen MR) is 202 cm³/mol. The van der Waals surface area contributed by atoms with Crippen LogP contribution < -0.4 is 0 Å². The van der Waals surface area contributed by atoms with Gasteiger partial charge in [0.1, 0.15) is 0 Å². The van der Waals surface area contributed by atoms with Crippen molar-refractivity contribution >= 4 is 32.3 Å². The number of fused-ring (bicyclic) bond motifs is 3. The number of hydrogen-bond acceptors (Lipinski definition) is 2. The van der Waals surface area contributed by atoms with Gasteiger partial charge >= 0.3 is 0 Å². The van der Waals surface area contributed by atoms with E-state index in [1.54, 1.807) is 0 Å². The minimum Gasteiger partial charge on any atom is -0.228 e. The Morgan fingerprint density at radius 3 is 1.21 bits per heavy atom. The summed E-state index contributed by atoms with van der Waals surface area (Å²) in [6.45, 7) is 0. The maximum absolute atomic E-state index is 5.06. The number of aromatic nitrogens is 2. The quantitative estimate of drug-likeness (QED) is 0.181. The smallest absolute Gasteiger partial charge is 0.160 e. The van der Waals surface area contributed by atoms with Gasteiger partial charge in [-0.25, -0.2) is 9.97 Å². The fourth-order valence-corrected chi connectivity index (χ4v) is 6.98. The summed E-state index contributed by atoms with van der Waals surface area (Å²) in [7, 11) is 0. The molecule has 48 heavy (non-hydrogen) atoms. The summed E-state index contributed by atoms with van der Waals surface area (Å²) >= 11 is 0. The highest BCUT2D eigenvalue weighted by Crippen LogP contribution is 2.44. The van der Waals surface area contributed by atoms with Gasteiger partial charge in [0.05, 0.1) is 11.4 Å². The molecule has 0 aliphatic heterocycles. The van der Waals surface area contributed by atoms with Gasteiger partial charge in [-0.05, 0) is 72.8 Å². The highest BCUT2D eigenvalue weighted by molar-refractivity contribution is 6.21. The molecule has 0 atom stereocenters. The average Bonchev–Trinajstić information content (AvgIpc) is 3.17. The van der Waals surface area contributed by atoms with Gasteiger partial charge in [-0.3, -0.25) is 0 Å². The zero-order chi connectivity index (χ0) is 31.9. The summed E-state index contributed by atoms with van der Waals surface area (Å²) in [6, 6.07) is 64.6. The summed E-state index contributed by atoms with van der Waals surface area (Å²) in [5.74, 6) is 0.722. The van der Waals surface area contributed by atoms with E-state index in [9.17, 15) is 0 Å². The lowest BCUT2D eigenvalue weighted by atomic mass is 9.85. The summed E-state index contributed by atoms with van der Waals surface area (Å²) in [5.41, 5.74) is 9.94. The zero-order valence-electron chi connectivity index (χ0n) is 26.2. The Bertz CT molecular complexity index is 2480. The van der Waals surface area contributed by atoms with E-state index in [4.69, 9.17) is 9.97 Å². The fourth-order valence-electron chi connectivity index (χ4n) is 6.98. The van der Waals surface area contributed by atoms with Crippen LogP contribution in [0.4, 0.5) is 0 Å². The second kappa shape index (κ2) is 11.8. The summed E-state index contributed by atoms with van der Waals surface area (Å²) in [4.78, 5) is 10.0. The predicted octanol–water partition coefficient (Wildman–Crippen LogP) is 12.3. The number of nitrogens with zero attached hydrogens (tertiary/aromatic N) is 2. The average molecular weight is 611 g/mol. The van der Waals surface area contributed by atoms with Gasteiger partial charge in [-0.1, -0.05) is 164 Å². The molecule has 1 aromatic heterocycles. The fraction of sp³-hybridized carbons (Fsp3) is 0. The van der Waals surface area contributed by atoms with Crippen LogP contribution in [0.25, 0.3) is 88.5 Å². The van der Waals surface area contributed by atoms with Crippen molar-refractivity contribution < 1.29 is 0 Å². The molecule has 0 saturated carbocycles. The monoisotopic (exact) mass is 610 g/mol. The minimum absolute atomic E-state index is 0.722. The van der Waals surface area contributed by atoms with E-state index in [0.29, 0.717) is 0 Å². The van der Waals surface area contributed by atoms with Gasteiger partial charge in [-0.2, -0.15) is 0 Å². The zero-order valence-corrected chi connectivity index (χ0v) is 26.2. The Morgan fingerprint density at radius 2 is 0.667 bits per heavy atom. The number of benzene rings is 8. The topological polar surface area (TPSA) is 25.8 Å². The van der Waals surface area contributed by atoms with Crippen LogP contribution in [-0.4, -0.2) is 9.97 Å². The van der Waals surface area contributed by atoms with Crippen LogP contribution in [-0.2, 0) is 0 Å². The maximum atomic E-state index is 5.06. The molecule has 2 nitrogen and oxygen atoms in total. The molecule has 0 saturated heterocycles. The van der Waals surface area contributed by atoms with Crippen molar-refractivity contribution in [2.75, 3.05) is 0 Å². The van der Waals surface area contributed by atoms with Crippen LogP contribution in [0.3, 0.4) is 0 Å². The summed E-state index contributed by atoms with van der Waals surface area (Å²) < 4.78 is 0. The van der Waals surface area contributed by atoms with E-state index in [-0.39, 0.29) is 0 Å². The standard InChI is InChI=1S/C46H30N2/c1-4-14-31(15-5-1)42-30-43(48-46(47-42)33-18-8-3-9-19-33)36-26-24-35-29-37(27-25-34(35)28-36)45-40-22-12-10-20-38(40)44(32-16-6-2-7-17-32)39-21-11-13-23-41(39)45/h1-30H. The molecule has 0 spiro atoms. The highest BCUT2D eigenvalue weighted by atomic mass is 14.9. The van der Waals surface area contributed by atoms with E-state index in [1.165, 1.54) is 54.6 Å². The van der Waals surface area contributed by atoms with E-state index in [2.05, 4.69) is 158 Å². The minimum atomic E-state index is 0.722. The van der Waals surface area contributed by atoms with Crippen molar-refractivity contribution in [2.24, 2.45) is 0 Å². The van der Waals surface area contributed by atoms with Crippen molar-refractivity contribution in [2.45, 2.75) is 0 Å². The SMILES string of the molecule is c1ccc(-c2cc(-c3ccc4cc(-c5c6ccccc6c(-c6ccccc6)c6ccccc56)ccc4c3)nc(-c3ccccc3)n2)cc1. The molecule has 0 aliphatic carbocycles. The molecule has 0 radical (unpaired) electrons. The molecule has 0 amide bonds. The third-order valence-electron chi connectivity index (χ3n) is 9.25. The van der Waals surface area contributed by atoms with E-state index >= 15 is 0 Å². The molecule has 0 N–H and O–H groups in total. The van der Waals surface area contributed by atoms with Crippen LogP contribution in [0.2, 0.25) is 0 Å². The Labute approximate surface area is 279 Å². The normalized spacial score (nSPS) is 11.3. The van der Waals surface area contributed by atoms with Gasteiger partial charge in [0.15, 0.2) is 5.82 Å². The maximum Gasteiger partial charge on any atom is 0.160 e. The summed E-state index contributed by atoms with van der Waals surface area (Å²) in [6.07, 6.45) is 0.